The third-order valence-corrected chi connectivity index (χ3v) is 4.35. The van der Waals surface area contributed by atoms with Crippen molar-refractivity contribution in [3.8, 4) is 0 Å². The van der Waals surface area contributed by atoms with Crippen molar-refractivity contribution in [1.29, 1.82) is 0 Å². The first-order valence-electron chi connectivity index (χ1n) is 7.51. The summed E-state index contributed by atoms with van der Waals surface area (Å²) in [7, 11) is 0. The number of hydrogen-bond acceptors (Lipinski definition) is 1. The molecule has 102 valence electrons. The smallest absolute Gasteiger partial charge is 0.193 e. The zero-order valence-electron chi connectivity index (χ0n) is 11.9. The summed E-state index contributed by atoms with van der Waals surface area (Å²) in [5.41, 5.74) is 4.20. The molecule has 0 saturated heterocycles. The van der Waals surface area contributed by atoms with Gasteiger partial charge in [0.2, 0.25) is 0 Å². The van der Waals surface area contributed by atoms with E-state index in [2.05, 4.69) is 19.1 Å². The zero-order valence-corrected chi connectivity index (χ0v) is 11.9. The number of carbonyl (C=O) groups excluding carboxylic acids is 1. The fourth-order valence-corrected chi connectivity index (χ4v) is 2.73. The van der Waals surface area contributed by atoms with Gasteiger partial charge in [0, 0.05) is 11.1 Å². The van der Waals surface area contributed by atoms with Gasteiger partial charge in [-0.25, -0.2) is 0 Å². The molecule has 2 aromatic rings. The molecule has 1 nitrogen and oxygen atoms in total. The minimum Gasteiger partial charge on any atom is -0.289 e. The molecule has 1 fully saturated rings. The third kappa shape index (κ3) is 2.53. The molecule has 1 saturated carbocycles. The molecular formula is C19H20O. The van der Waals surface area contributed by atoms with Crippen LogP contribution in [0, 0.1) is 0 Å². The van der Waals surface area contributed by atoms with Crippen LogP contribution in [0.2, 0.25) is 0 Å². The minimum atomic E-state index is 0.133. The summed E-state index contributed by atoms with van der Waals surface area (Å²) in [5.74, 6) is 0.805. The summed E-state index contributed by atoms with van der Waals surface area (Å²) in [4.78, 5) is 12.5. The lowest BCUT2D eigenvalue weighted by molar-refractivity contribution is 0.103. The SMILES string of the molecule is CCc1ccc(C(=O)c2cccc(C3CCC3)c2)cc1. The fourth-order valence-electron chi connectivity index (χ4n) is 2.73. The van der Waals surface area contributed by atoms with Crippen LogP contribution >= 0.6 is 0 Å². The lowest BCUT2D eigenvalue weighted by atomic mass is 9.79. The largest absolute Gasteiger partial charge is 0.289 e. The van der Waals surface area contributed by atoms with Gasteiger partial charge in [-0.05, 0) is 42.4 Å². The van der Waals surface area contributed by atoms with Crippen LogP contribution in [-0.4, -0.2) is 5.78 Å². The number of aryl methyl sites for hydroxylation is 1. The first-order valence-corrected chi connectivity index (χ1v) is 7.51. The molecule has 0 unspecified atom stereocenters. The predicted octanol–water partition coefficient (Wildman–Crippen LogP) is 4.75. The summed E-state index contributed by atoms with van der Waals surface area (Å²) in [6, 6.07) is 16.2. The standard InChI is InChI=1S/C19H20O/c1-2-14-9-11-16(12-10-14)19(20)18-8-4-7-17(13-18)15-5-3-6-15/h4,7-13,15H,2-3,5-6H2,1H3. The van der Waals surface area contributed by atoms with Gasteiger partial charge in [-0.2, -0.15) is 0 Å². The highest BCUT2D eigenvalue weighted by atomic mass is 16.1. The quantitative estimate of drug-likeness (QED) is 0.728. The predicted molar refractivity (Wildman–Crippen MR) is 82.3 cm³/mol. The van der Waals surface area contributed by atoms with E-state index in [4.69, 9.17) is 0 Å². The van der Waals surface area contributed by atoms with E-state index >= 15 is 0 Å². The average molecular weight is 264 g/mol. The number of rotatable bonds is 4. The van der Waals surface area contributed by atoms with Crippen LogP contribution in [0.5, 0.6) is 0 Å². The Morgan fingerprint density at radius 2 is 1.80 bits per heavy atom. The van der Waals surface area contributed by atoms with Crippen LogP contribution in [-0.2, 0) is 6.42 Å². The molecular weight excluding hydrogens is 244 g/mol. The van der Waals surface area contributed by atoms with Gasteiger partial charge in [0.1, 0.15) is 0 Å². The highest BCUT2D eigenvalue weighted by Crippen LogP contribution is 2.36. The Morgan fingerprint density at radius 1 is 1.05 bits per heavy atom. The maximum absolute atomic E-state index is 12.5. The lowest BCUT2D eigenvalue weighted by Crippen LogP contribution is -2.10. The monoisotopic (exact) mass is 264 g/mol. The van der Waals surface area contributed by atoms with Crippen molar-refractivity contribution in [1.82, 2.24) is 0 Å². The number of benzene rings is 2. The van der Waals surface area contributed by atoms with Gasteiger partial charge < -0.3 is 0 Å². The van der Waals surface area contributed by atoms with Crippen molar-refractivity contribution in [3.05, 3.63) is 70.8 Å². The van der Waals surface area contributed by atoms with Crippen molar-refractivity contribution < 1.29 is 4.79 Å². The molecule has 0 spiro atoms. The first-order chi connectivity index (χ1) is 9.78. The van der Waals surface area contributed by atoms with E-state index in [0.717, 1.165) is 17.5 Å². The van der Waals surface area contributed by atoms with Crippen molar-refractivity contribution in [3.63, 3.8) is 0 Å². The Labute approximate surface area is 120 Å². The summed E-state index contributed by atoms with van der Waals surface area (Å²) >= 11 is 0. The van der Waals surface area contributed by atoms with E-state index < -0.39 is 0 Å². The molecule has 1 heteroatoms. The first kappa shape index (κ1) is 13.1. The molecule has 0 bridgehead atoms. The maximum Gasteiger partial charge on any atom is 0.193 e. The molecule has 3 rings (SSSR count). The summed E-state index contributed by atoms with van der Waals surface area (Å²) in [6.45, 7) is 2.12. The molecule has 1 aliphatic carbocycles. The van der Waals surface area contributed by atoms with Gasteiger partial charge in [-0.1, -0.05) is 55.8 Å². The molecule has 0 aliphatic heterocycles. The number of carbonyl (C=O) groups is 1. The van der Waals surface area contributed by atoms with Crippen LogP contribution in [0.25, 0.3) is 0 Å². The second kappa shape index (κ2) is 5.62. The van der Waals surface area contributed by atoms with Gasteiger partial charge in [0.15, 0.2) is 5.78 Å². The van der Waals surface area contributed by atoms with Crippen molar-refractivity contribution >= 4 is 5.78 Å². The van der Waals surface area contributed by atoms with Crippen LogP contribution in [0.3, 0.4) is 0 Å². The van der Waals surface area contributed by atoms with Crippen LogP contribution < -0.4 is 0 Å². The summed E-state index contributed by atoms with van der Waals surface area (Å²) in [6.07, 6.45) is 4.86. The average Bonchev–Trinajstić information content (AvgIpc) is 2.45. The molecule has 0 aromatic heterocycles. The second-order valence-corrected chi connectivity index (χ2v) is 5.63. The second-order valence-electron chi connectivity index (χ2n) is 5.63. The molecule has 0 radical (unpaired) electrons. The molecule has 2 aromatic carbocycles. The van der Waals surface area contributed by atoms with Crippen molar-refractivity contribution in [2.45, 2.75) is 38.5 Å². The topological polar surface area (TPSA) is 17.1 Å². The van der Waals surface area contributed by atoms with Gasteiger partial charge in [0.25, 0.3) is 0 Å². The van der Waals surface area contributed by atoms with E-state index in [1.165, 1.54) is 30.4 Å². The summed E-state index contributed by atoms with van der Waals surface area (Å²) < 4.78 is 0. The van der Waals surface area contributed by atoms with E-state index in [1.54, 1.807) is 0 Å². The normalized spacial score (nSPS) is 14.8. The molecule has 0 atom stereocenters. The van der Waals surface area contributed by atoms with Crippen molar-refractivity contribution in [2.24, 2.45) is 0 Å². The lowest BCUT2D eigenvalue weighted by Gasteiger charge is -2.26. The molecule has 0 amide bonds. The Hall–Kier alpha value is -1.89. The van der Waals surface area contributed by atoms with Crippen LogP contribution in [0.1, 0.15) is 59.2 Å². The maximum atomic E-state index is 12.5. The number of ketones is 1. The van der Waals surface area contributed by atoms with Gasteiger partial charge in [0.05, 0.1) is 0 Å². The minimum absolute atomic E-state index is 0.133. The Balaban J connectivity index is 1.85. The van der Waals surface area contributed by atoms with E-state index in [1.807, 2.05) is 36.4 Å². The van der Waals surface area contributed by atoms with E-state index in [-0.39, 0.29) is 5.78 Å². The van der Waals surface area contributed by atoms with E-state index in [0.29, 0.717) is 5.92 Å². The fraction of sp³-hybridized carbons (Fsp3) is 0.316. The summed E-state index contributed by atoms with van der Waals surface area (Å²) in [5, 5.41) is 0. The van der Waals surface area contributed by atoms with Gasteiger partial charge in [-0.15, -0.1) is 0 Å². The highest BCUT2D eigenvalue weighted by Gasteiger charge is 2.20. The molecule has 1 aliphatic rings. The van der Waals surface area contributed by atoms with Gasteiger partial charge >= 0.3 is 0 Å². The Morgan fingerprint density at radius 3 is 2.40 bits per heavy atom. The highest BCUT2D eigenvalue weighted by molar-refractivity contribution is 6.09. The Kier molecular flexibility index (Phi) is 3.68. The zero-order chi connectivity index (χ0) is 13.9. The Bertz CT molecular complexity index is 606. The van der Waals surface area contributed by atoms with Crippen LogP contribution in [0.15, 0.2) is 48.5 Å². The molecule has 0 N–H and O–H groups in total. The molecule has 0 heterocycles. The van der Waals surface area contributed by atoms with Crippen molar-refractivity contribution in [2.75, 3.05) is 0 Å². The molecule has 20 heavy (non-hydrogen) atoms. The van der Waals surface area contributed by atoms with Crippen LogP contribution in [0.4, 0.5) is 0 Å². The van der Waals surface area contributed by atoms with Gasteiger partial charge in [-0.3, -0.25) is 4.79 Å². The van der Waals surface area contributed by atoms with E-state index in [9.17, 15) is 4.79 Å². The third-order valence-electron chi connectivity index (χ3n) is 4.35. The number of hydrogen-bond donors (Lipinski definition) is 0.